The number of rotatable bonds is 5. The van der Waals surface area contributed by atoms with Gasteiger partial charge in [0.1, 0.15) is 0 Å². The molecule has 3 N–H and O–H groups in total. The van der Waals surface area contributed by atoms with Crippen LogP contribution in [-0.4, -0.2) is 22.1 Å². The van der Waals surface area contributed by atoms with Gasteiger partial charge in [-0.1, -0.05) is 12.1 Å². The van der Waals surface area contributed by atoms with Crippen molar-refractivity contribution in [2.75, 3.05) is 10.6 Å². The van der Waals surface area contributed by atoms with Gasteiger partial charge in [-0.25, -0.2) is 9.78 Å². The van der Waals surface area contributed by atoms with E-state index < -0.39 is 5.97 Å². The summed E-state index contributed by atoms with van der Waals surface area (Å²) in [6.07, 6.45) is 0.566. The second kappa shape index (κ2) is 6.85. The van der Waals surface area contributed by atoms with Crippen LogP contribution < -0.4 is 10.6 Å². The summed E-state index contributed by atoms with van der Waals surface area (Å²) in [5.74, 6) is -0.824. The molecular weight excluding hydrogens is 290 g/mol. The van der Waals surface area contributed by atoms with E-state index in [4.69, 9.17) is 5.11 Å². The van der Waals surface area contributed by atoms with E-state index in [1.807, 2.05) is 12.3 Å². The summed E-state index contributed by atoms with van der Waals surface area (Å²) in [6.45, 7) is 1.86. The number of benzene rings is 1. The average molecular weight is 305 g/mol. The van der Waals surface area contributed by atoms with Gasteiger partial charge < -0.3 is 10.4 Å². The predicted molar refractivity (Wildman–Crippen MR) is 81.9 cm³/mol. The van der Waals surface area contributed by atoms with E-state index in [2.05, 4.69) is 15.6 Å². The summed E-state index contributed by atoms with van der Waals surface area (Å²) in [4.78, 5) is 26.4. The molecule has 0 saturated heterocycles. The second-order valence-corrected chi connectivity index (χ2v) is 5.32. The highest BCUT2D eigenvalue weighted by Gasteiger charge is 2.05. The zero-order valence-corrected chi connectivity index (χ0v) is 12.2. The fraction of sp³-hybridized carbons (Fsp3) is 0.214. The van der Waals surface area contributed by atoms with Crippen molar-refractivity contribution in [3.63, 3.8) is 0 Å². The number of thiazole rings is 1. The Morgan fingerprint density at radius 1 is 1.24 bits per heavy atom. The van der Waals surface area contributed by atoms with Crippen molar-refractivity contribution >= 4 is 34.2 Å². The molecule has 110 valence electrons. The molecule has 1 aromatic carbocycles. The number of nitrogens with zero attached hydrogens (tertiary/aromatic N) is 1. The maximum absolute atomic E-state index is 11.8. The van der Waals surface area contributed by atoms with Crippen molar-refractivity contribution in [2.24, 2.45) is 0 Å². The van der Waals surface area contributed by atoms with E-state index in [9.17, 15) is 9.59 Å². The van der Waals surface area contributed by atoms with E-state index in [0.29, 0.717) is 17.2 Å². The van der Waals surface area contributed by atoms with Gasteiger partial charge in [0.15, 0.2) is 5.13 Å². The zero-order valence-electron chi connectivity index (χ0n) is 11.4. The molecule has 1 aromatic heterocycles. The monoisotopic (exact) mass is 305 g/mol. The van der Waals surface area contributed by atoms with Crippen molar-refractivity contribution in [3.05, 3.63) is 40.9 Å². The standard InChI is InChI=1S/C14H15N3O3S/c1-9-8-21-14(15-9)17-13(20)16-11-5-2-10(3-6-11)4-7-12(18)19/h2-3,5-6,8H,4,7H2,1H3,(H,18,19)(H2,15,16,17,20). The Kier molecular flexibility index (Phi) is 4.89. The smallest absolute Gasteiger partial charge is 0.325 e. The van der Waals surface area contributed by atoms with Gasteiger partial charge in [-0.2, -0.15) is 0 Å². The van der Waals surface area contributed by atoms with Crippen molar-refractivity contribution in [2.45, 2.75) is 19.8 Å². The highest BCUT2D eigenvalue weighted by Crippen LogP contribution is 2.15. The first-order chi connectivity index (χ1) is 10.0. The molecule has 0 saturated carbocycles. The van der Waals surface area contributed by atoms with Crippen LogP contribution >= 0.6 is 11.3 Å². The summed E-state index contributed by atoms with van der Waals surface area (Å²) >= 11 is 1.36. The largest absolute Gasteiger partial charge is 0.481 e. The summed E-state index contributed by atoms with van der Waals surface area (Å²) < 4.78 is 0. The molecule has 2 amide bonds. The number of hydrogen-bond acceptors (Lipinski definition) is 4. The second-order valence-electron chi connectivity index (χ2n) is 4.46. The number of aromatic nitrogens is 1. The van der Waals surface area contributed by atoms with Gasteiger partial charge in [0.05, 0.1) is 5.69 Å². The first-order valence-electron chi connectivity index (χ1n) is 6.34. The topological polar surface area (TPSA) is 91.3 Å². The Labute approximate surface area is 125 Å². The van der Waals surface area contributed by atoms with Crippen molar-refractivity contribution in [1.29, 1.82) is 0 Å². The van der Waals surface area contributed by atoms with Gasteiger partial charge in [-0.05, 0) is 31.0 Å². The Bertz CT molecular complexity index is 637. The average Bonchev–Trinajstić information content (AvgIpc) is 2.83. The molecule has 0 bridgehead atoms. The molecule has 1 heterocycles. The molecule has 7 heteroatoms. The van der Waals surface area contributed by atoms with E-state index in [1.165, 1.54) is 11.3 Å². The minimum atomic E-state index is -0.824. The predicted octanol–water partition coefficient (Wildman–Crippen LogP) is 3.11. The maximum Gasteiger partial charge on any atom is 0.325 e. The summed E-state index contributed by atoms with van der Waals surface area (Å²) in [6, 6.07) is 6.72. The van der Waals surface area contributed by atoms with Crippen molar-refractivity contribution in [3.8, 4) is 0 Å². The van der Waals surface area contributed by atoms with Gasteiger partial charge in [0, 0.05) is 17.5 Å². The van der Waals surface area contributed by atoms with E-state index in [-0.39, 0.29) is 12.5 Å². The van der Waals surface area contributed by atoms with Gasteiger partial charge in [-0.3, -0.25) is 10.1 Å². The summed E-state index contributed by atoms with van der Waals surface area (Å²) in [5, 5.41) is 16.4. The maximum atomic E-state index is 11.8. The first kappa shape index (κ1) is 15.0. The fourth-order valence-electron chi connectivity index (χ4n) is 1.68. The highest BCUT2D eigenvalue weighted by atomic mass is 32.1. The van der Waals surface area contributed by atoms with Gasteiger partial charge in [0.25, 0.3) is 0 Å². The van der Waals surface area contributed by atoms with Crippen LogP contribution in [0.5, 0.6) is 0 Å². The van der Waals surface area contributed by atoms with Crippen molar-refractivity contribution in [1.82, 2.24) is 4.98 Å². The third-order valence-electron chi connectivity index (χ3n) is 2.68. The van der Waals surface area contributed by atoms with Crippen LogP contribution in [0.4, 0.5) is 15.6 Å². The van der Waals surface area contributed by atoms with Gasteiger partial charge >= 0.3 is 12.0 Å². The molecule has 0 fully saturated rings. The lowest BCUT2D eigenvalue weighted by Gasteiger charge is -2.06. The minimum Gasteiger partial charge on any atom is -0.481 e. The molecule has 0 unspecified atom stereocenters. The first-order valence-corrected chi connectivity index (χ1v) is 7.22. The Morgan fingerprint density at radius 3 is 2.52 bits per heavy atom. The number of carboxylic acids is 1. The van der Waals surface area contributed by atoms with E-state index in [1.54, 1.807) is 24.3 Å². The number of aryl methyl sites for hydroxylation is 2. The Hall–Kier alpha value is -2.41. The number of nitrogens with one attached hydrogen (secondary N) is 2. The molecule has 0 aliphatic carbocycles. The van der Waals surface area contributed by atoms with Crippen LogP contribution in [0.2, 0.25) is 0 Å². The molecular formula is C14H15N3O3S. The van der Waals surface area contributed by atoms with Gasteiger partial charge in [0.2, 0.25) is 0 Å². The highest BCUT2D eigenvalue weighted by molar-refractivity contribution is 7.13. The molecule has 0 spiro atoms. The van der Waals surface area contributed by atoms with Crippen LogP contribution in [0.1, 0.15) is 17.7 Å². The number of urea groups is 1. The molecule has 2 rings (SSSR count). The van der Waals surface area contributed by atoms with E-state index >= 15 is 0 Å². The van der Waals surface area contributed by atoms with E-state index in [0.717, 1.165) is 11.3 Å². The number of carboxylic acid groups (broad SMARTS) is 1. The van der Waals surface area contributed by atoms with Crippen LogP contribution in [0.25, 0.3) is 0 Å². The third-order valence-corrected chi connectivity index (χ3v) is 3.55. The molecule has 21 heavy (non-hydrogen) atoms. The van der Waals surface area contributed by atoms with Crippen LogP contribution in [0.15, 0.2) is 29.6 Å². The number of anilines is 2. The Balaban J connectivity index is 1.87. The van der Waals surface area contributed by atoms with Crippen molar-refractivity contribution < 1.29 is 14.7 Å². The normalized spacial score (nSPS) is 10.1. The lowest BCUT2D eigenvalue weighted by Crippen LogP contribution is -2.19. The molecule has 0 aliphatic rings. The summed E-state index contributed by atoms with van der Waals surface area (Å²) in [5.41, 5.74) is 2.41. The number of amides is 2. The van der Waals surface area contributed by atoms with Crippen LogP contribution in [-0.2, 0) is 11.2 Å². The molecule has 2 aromatic rings. The third kappa shape index (κ3) is 4.88. The van der Waals surface area contributed by atoms with Crippen LogP contribution in [0, 0.1) is 6.92 Å². The van der Waals surface area contributed by atoms with Gasteiger partial charge in [-0.15, -0.1) is 11.3 Å². The molecule has 0 aliphatic heterocycles. The lowest BCUT2D eigenvalue weighted by molar-refractivity contribution is -0.136. The number of carbonyl (C=O) groups is 2. The zero-order chi connectivity index (χ0) is 15.2. The molecule has 0 radical (unpaired) electrons. The number of carbonyl (C=O) groups excluding carboxylic acids is 1. The lowest BCUT2D eigenvalue weighted by atomic mass is 10.1. The quantitative estimate of drug-likeness (QED) is 0.791. The minimum absolute atomic E-state index is 0.0939. The number of aliphatic carboxylic acids is 1. The SMILES string of the molecule is Cc1csc(NC(=O)Nc2ccc(CCC(=O)O)cc2)n1. The number of hydrogen-bond donors (Lipinski definition) is 3. The van der Waals surface area contributed by atoms with Crippen LogP contribution in [0.3, 0.4) is 0 Å². The summed E-state index contributed by atoms with van der Waals surface area (Å²) in [7, 11) is 0. The molecule has 0 atom stereocenters. The molecule has 6 nitrogen and oxygen atoms in total. The fourth-order valence-corrected chi connectivity index (χ4v) is 2.36. The Morgan fingerprint density at radius 2 is 1.95 bits per heavy atom.